The molecule has 0 aliphatic carbocycles. The first kappa shape index (κ1) is 18.2. The molecule has 120 valence electrons. The summed E-state index contributed by atoms with van der Waals surface area (Å²) in [5.74, 6) is -0.552. The van der Waals surface area contributed by atoms with E-state index in [9.17, 15) is 12.8 Å². The van der Waals surface area contributed by atoms with E-state index in [4.69, 9.17) is 11.6 Å². The van der Waals surface area contributed by atoms with Gasteiger partial charge in [-0.25, -0.2) is 4.39 Å². The van der Waals surface area contributed by atoms with Crippen LogP contribution in [0.5, 0.6) is 0 Å². The minimum absolute atomic E-state index is 0.0348. The Morgan fingerprint density at radius 1 is 1.33 bits per heavy atom. The van der Waals surface area contributed by atoms with E-state index in [0.29, 0.717) is 13.0 Å². The fraction of sp³-hybridized carbons (Fsp3) is 0.538. The molecular weight excluding hydrogens is 317 g/mol. The molecule has 0 unspecified atom stereocenters. The molecule has 2 N–H and O–H groups in total. The van der Waals surface area contributed by atoms with Gasteiger partial charge in [-0.15, -0.1) is 0 Å². The minimum atomic E-state index is -3.74. The van der Waals surface area contributed by atoms with Crippen LogP contribution in [0.3, 0.4) is 0 Å². The number of hydrogen-bond donors (Lipinski definition) is 2. The molecular formula is C13H21ClFN3O2S. The molecule has 0 aliphatic heterocycles. The van der Waals surface area contributed by atoms with E-state index in [2.05, 4.69) is 17.0 Å². The largest absolute Gasteiger partial charge is 0.317 e. The topological polar surface area (TPSA) is 61.4 Å². The standard InChI is InChI=1S/C13H21ClFN3O2S/c1-3-7-16-8-4-9-18(2)21(19,20)17-13-10-11(15)5-6-12(13)14/h5-6,10,16-17H,3-4,7-9H2,1-2H3. The second kappa shape index (κ2) is 8.53. The Bertz CT molecular complexity index is 554. The lowest BCUT2D eigenvalue weighted by Crippen LogP contribution is -2.34. The zero-order valence-corrected chi connectivity index (χ0v) is 13.8. The lowest BCUT2D eigenvalue weighted by molar-refractivity contribution is 0.458. The Morgan fingerprint density at radius 3 is 2.71 bits per heavy atom. The van der Waals surface area contributed by atoms with Gasteiger partial charge in [0.05, 0.1) is 10.7 Å². The van der Waals surface area contributed by atoms with Gasteiger partial charge >= 0.3 is 10.2 Å². The summed E-state index contributed by atoms with van der Waals surface area (Å²) in [6.07, 6.45) is 1.72. The summed E-state index contributed by atoms with van der Waals surface area (Å²) >= 11 is 5.85. The normalized spacial score (nSPS) is 11.9. The van der Waals surface area contributed by atoms with Crippen molar-refractivity contribution in [3.8, 4) is 0 Å². The molecule has 0 fully saturated rings. The number of benzene rings is 1. The van der Waals surface area contributed by atoms with Crippen molar-refractivity contribution in [3.63, 3.8) is 0 Å². The first-order valence-electron chi connectivity index (χ1n) is 6.76. The summed E-state index contributed by atoms with van der Waals surface area (Å²) in [4.78, 5) is 0. The molecule has 0 bridgehead atoms. The van der Waals surface area contributed by atoms with Gasteiger partial charge in [0.1, 0.15) is 5.82 Å². The summed E-state index contributed by atoms with van der Waals surface area (Å²) in [5.41, 5.74) is 0.0348. The maximum Gasteiger partial charge on any atom is 0.301 e. The van der Waals surface area contributed by atoms with Gasteiger partial charge < -0.3 is 5.32 Å². The highest BCUT2D eigenvalue weighted by molar-refractivity contribution is 7.90. The van der Waals surface area contributed by atoms with Crippen molar-refractivity contribution in [2.45, 2.75) is 19.8 Å². The van der Waals surface area contributed by atoms with Crippen molar-refractivity contribution in [1.29, 1.82) is 0 Å². The van der Waals surface area contributed by atoms with Crippen LogP contribution in [0.4, 0.5) is 10.1 Å². The number of halogens is 2. The monoisotopic (exact) mass is 337 g/mol. The van der Waals surface area contributed by atoms with Crippen molar-refractivity contribution in [2.24, 2.45) is 0 Å². The van der Waals surface area contributed by atoms with Crippen molar-refractivity contribution in [3.05, 3.63) is 29.0 Å². The number of nitrogens with one attached hydrogen (secondary N) is 2. The fourth-order valence-electron chi connectivity index (χ4n) is 1.64. The van der Waals surface area contributed by atoms with Crippen molar-refractivity contribution >= 4 is 27.5 Å². The van der Waals surface area contributed by atoms with Crippen LogP contribution in [0.1, 0.15) is 19.8 Å². The molecule has 0 heterocycles. The van der Waals surface area contributed by atoms with E-state index in [1.807, 2.05) is 0 Å². The Kier molecular flexibility index (Phi) is 7.37. The van der Waals surface area contributed by atoms with Crippen LogP contribution in [0.15, 0.2) is 18.2 Å². The molecule has 1 aromatic rings. The minimum Gasteiger partial charge on any atom is -0.317 e. The van der Waals surface area contributed by atoms with Crippen LogP contribution in [-0.2, 0) is 10.2 Å². The second-order valence-electron chi connectivity index (χ2n) is 4.66. The Hall–Kier alpha value is -0.890. The molecule has 0 saturated carbocycles. The predicted octanol–water partition coefficient (Wildman–Crippen LogP) is 2.46. The number of hydrogen-bond acceptors (Lipinski definition) is 3. The number of anilines is 1. The summed E-state index contributed by atoms with van der Waals surface area (Å²) in [5, 5.41) is 3.35. The SMILES string of the molecule is CCCNCCCN(C)S(=O)(=O)Nc1cc(F)ccc1Cl. The average molecular weight is 338 g/mol. The zero-order chi connectivity index (χ0) is 15.9. The highest BCUT2D eigenvalue weighted by Crippen LogP contribution is 2.23. The van der Waals surface area contributed by atoms with Crippen LogP contribution in [-0.4, -0.2) is 39.4 Å². The average Bonchev–Trinajstić information content (AvgIpc) is 2.42. The van der Waals surface area contributed by atoms with Gasteiger partial charge in [-0.1, -0.05) is 18.5 Å². The highest BCUT2D eigenvalue weighted by atomic mass is 35.5. The van der Waals surface area contributed by atoms with Crippen molar-refractivity contribution in [1.82, 2.24) is 9.62 Å². The molecule has 0 atom stereocenters. The lowest BCUT2D eigenvalue weighted by atomic mass is 10.3. The molecule has 1 rings (SSSR count). The molecule has 0 amide bonds. The van der Waals surface area contributed by atoms with E-state index >= 15 is 0 Å². The van der Waals surface area contributed by atoms with E-state index in [1.54, 1.807) is 0 Å². The molecule has 8 heteroatoms. The van der Waals surface area contributed by atoms with Gasteiger partial charge in [0.25, 0.3) is 0 Å². The summed E-state index contributed by atoms with van der Waals surface area (Å²) in [6, 6.07) is 3.53. The van der Waals surface area contributed by atoms with Crippen LogP contribution in [0.25, 0.3) is 0 Å². The lowest BCUT2D eigenvalue weighted by Gasteiger charge is -2.19. The summed E-state index contributed by atoms with van der Waals surface area (Å²) in [6.45, 7) is 4.08. The van der Waals surface area contributed by atoms with Gasteiger partial charge in [-0.3, -0.25) is 4.72 Å². The van der Waals surface area contributed by atoms with Gasteiger partial charge in [0.15, 0.2) is 0 Å². The zero-order valence-electron chi connectivity index (χ0n) is 12.2. The first-order valence-corrected chi connectivity index (χ1v) is 8.58. The fourth-order valence-corrected chi connectivity index (χ4v) is 2.83. The van der Waals surface area contributed by atoms with E-state index in [0.717, 1.165) is 25.6 Å². The molecule has 21 heavy (non-hydrogen) atoms. The van der Waals surface area contributed by atoms with E-state index < -0.39 is 16.0 Å². The van der Waals surface area contributed by atoms with Crippen molar-refractivity contribution in [2.75, 3.05) is 31.4 Å². The Balaban J connectivity index is 2.57. The highest BCUT2D eigenvalue weighted by Gasteiger charge is 2.18. The molecule has 1 aromatic carbocycles. The Morgan fingerprint density at radius 2 is 2.05 bits per heavy atom. The van der Waals surface area contributed by atoms with Crippen LogP contribution in [0.2, 0.25) is 5.02 Å². The van der Waals surface area contributed by atoms with Gasteiger partial charge in [-0.2, -0.15) is 12.7 Å². The molecule has 5 nitrogen and oxygen atoms in total. The summed E-state index contributed by atoms with van der Waals surface area (Å²) in [7, 11) is -2.27. The van der Waals surface area contributed by atoms with E-state index in [-0.39, 0.29) is 10.7 Å². The number of nitrogens with zero attached hydrogens (tertiary/aromatic N) is 1. The van der Waals surface area contributed by atoms with Crippen molar-refractivity contribution < 1.29 is 12.8 Å². The number of rotatable bonds is 9. The quantitative estimate of drug-likeness (QED) is 0.680. The van der Waals surface area contributed by atoms with Gasteiger partial charge in [0, 0.05) is 13.6 Å². The van der Waals surface area contributed by atoms with Crippen LogP contribution < -0.4 is 10.0 Å². The van der Waals surface area contributed by atoms with Gasteiger partial charge in [-0.05, 0) is 44.1 Å². The molecule has 0 saturated heterocycles. The third kappa shape index (κ3) is 6.17. The van der Waals surface area contributed by atoms with Gasteiger partial charge in [0.2, 0.25) is 0 Å². The predicted molar refractivity (Wildman–Crippen MR) is 84.4 cm³/mol. The first-order chi connectivity index (χ1) is 9.86. The molecule has 0 radical (unpaired) electrons. The van der Waals surface area contributed by atoms with Crippen LogP contribution >= 0.6 is 11.6 Å². The second-order valence-corrected chi connectivity index (χ2v) is 6.84. The van der Waals surface area contributed by atoms with E-state index in [1.165, 1.54) is 23.5 Å². The molecule has 0 spiro atoms. The molecule has 0 aliphatic rings. The third-order valence-electron chi connectivity index (χ3n) is 2.83. The summed E-state index contributed by atoms with van der Waals surface area (Å²) < 4.78 is 40.8. The Labute approximate surface area is 130 Å². The maximum atomic E-state index is 13.1. The maximum absolute atomic E-state index is 13.1. The van der Waals surface area contributed by atoms with Crippen LogP contribution in [0, 0.1) is 5.82 Å². The third-order valence-corrected chi connectivity index (χ3v) is 4.64. The smallest absolute Gasteiger partial charge is 0.301 e. The molecule has 0 aromatic heterocycles.